The number of hydrogen-bond acceptors (Lipinski definition) is 4. The second kappa shape index (κ2) is 13.0. The fourth-order valence-corrected chi connectivity index (χ4v) is 4.92. The lowest BCUT2D eigenvalue weighted by molar-refractivity contribution is -0.109. The molecule has 1 amide bonds. The Morgan fingerprint density at radius 1 is 1.17 bits per heavy atom. The number of alkyl halides is 2. The summed E-state index contributed by atoms with van der Waals surface area (Å²) in [4.78, 5) is 15.1. The number of pyridine rings is 1. The highest BCUT2D eigenvalue weighted by Crippen LogP contribution is 2.23. The van der Waals surface area contributed by atoms with Crippen LogP contribution < -0.4 is 10.1 Å². The minimum atomic E-state index is -2.84. The smallest absolute Gasteiger partial charge is 0.387 e. The molecule has 186 valence electrons. The average Bonchev–Trinajstić information content (AvgIpc) is 3.29. The lowest BCUT2D eigenvalue weighted by Gasteiger charge is -2.19. The summed E-state index contributed by atoms with van der Waals surface area (Å²) in [5.41, 5.74) is 2.37. The van der Waals surface area contributed by atoms with Crippen LogP contribution in [0.25, 0.3) is 11.3 Å². The molecular formula is C25H26F3N3O3S. The maximum atomic E-state index is 12.7. The van der Waals surface area contributed by atoms with E-state index in [1.807, 2.05) is 10.4 Å². The molecule has 4 rings (SSSR count). The molecule has 1 aliphatic rings. The van der Waals surface area contributed by atoms with Gasteiger partial charge in [0.05, 0.1) is 10.6 Å². The summed E-state index contributed by atoms with van der Waals surface area (Å²) in [5, 5.41) is 2.56. The molecule has 0 spiro atoms. The van der Waals surface area contributed by atoms with Crippen molar-refractivity contribution in [2.75, 3.05) is 6.54 Å². The predicted molar refractivity (Wildman–Crippen MR) is 127 cm³/mol. The first-order valence-electron chi connectivity index (χ1n) is 11.0. The van der Waals surface area contributed by atoms with Crippen molar-refractivity contribution >= 4 is 17.4 Å². The number of nitrogens with one attached hydrogen (secondary N) is 1. The molecule has 2 atom stereocenters. The van der Waals surface area contributed by atoms with E-state index in [2.05, 4.69) is 22.0 Å². The molecule has 0 radical (unpaired) electrons. The van der Waals surface area contributed by atoms with E-state index in [1.54, 1.807) is 36.5 Å². The quantitative estimate of drug-likeness (QED) is 0.441. The van der Waals surface area contributed by atoms with E-state index in [-0.39, 0.29) is 11.6 Å². The van der Waals surface area contributed by atoms with Crippen molar-refractivity contribution in [2.45, 2.75) is 43.9 Å². The molecule has 2 aromatic carbocycles. The van der Waals surface area contributed by atoms with E-state index in [9.17, 15) is 22.2 Å². The standard InChI is InChI=1S/C14H12F2N2O2.C11H14FNOS/c15-14(16)20-12-3-1-11(2-4-12)13-7-10(5-6-18-13)8-17-9-19;1-9-3-2-8-13(9)15(14)11-6-4-10(12)5-7-11/h1-7,9,14H,8H2,(H,17,19);4-7,9H,2-3,8H2,1H3. The van der Waals surface area contributed by atoms with Crippen molar-refractivity contribution in [3.05, 3.63) is 78.2 Å². The van der Waals surface area contributed by atoms with E-state index in [1.165, 1.54) is 24.3 Å². The van der Waals surface area contributed by atoms with Crippen molar-refractivity contribution in [1.82, 2.24) is 14.6 Å². The Kier molecular flexibility index (Phi) is 9.80. The van der Waals surface area contributed by atoms with Crippen LogP contribution in [0.15, 0.2) is 71.8 Å². The first kappa shape index (κ1) is 26.4. The van der Waals surface area contributed by atoms with Crippen molar-refractivity contribution in [1.29, 1.82) is 0 Å². The Hall–Kier alpha value is -3.24. The van der Waals surface area contributed by atoms with Crippen LogP contribution in [0.5, 0.6) is 5.75 Å². The molecule has 2 heterocycles. The van der Waals surface area contributed by atoms with Gasteiger partial charge in [0.1, 0.15) is 22.6 Å². The normalized spacial score (nSPS) is 16.3. The highest BCUT2D eigenvalue weighted by Gasteiger charge is 2.26. The highest BCUT2D eigenvalue weighted by molar-refractivity contribution is 7.82. The number of benzene rings is 2. The molecule has 1 fully saturated rings. The van der Waals surface area contributed by atoms with Crippen molar-refractivity contribution in [3.63, 3.8) is 0 Å². The van der Waals surface area contributed by atoms with Crippen LogP contribution in [0, 0.1) is 5.82 Å². The molecule has 0 saturated carbocycles. The lowest BCUT2D eigenvalue weighted by atomic mass is 10.1. The molecular weight excluding hydrogens is 479 g/mol. The minimum Gasteiger partial charge on any atom is -0.435 e. The van der Waals surface area contributed by atoms with Crippen LogP contribution in [0.4, 0.5) is 13.2 Å². The zero-order valence-electron chi connectivity index (χ0n) is 19.1. The van der Waals surface area contributed by atoms with Crippen LogP contribution >= 0.6 is 0 Å². The second-order valence-corrected chi connectivity index (χ2v) is 9.22. The van der Waals surface area contributed by atoms with Crippen LogP contribution in [0.2, 0.25) is 0 Å². The largest absolute Gasteiger partial charge is 0.435 e. The van der Waals surface area contributed by atoms with Crippen molar-refractivity contribution in [2.24, 2.45) is 0 Å². The summed E-state index contributed by atoms with van der Waals surface area (Å²) in [6, 6.07) is 16.1. The molecule has 6 nitrogen and oxygen atoms in total. The molecule has 0 aliphatic carbocycles. The van der Waals surface area contributed by atoms with Crippen molar-refractivity contribution in [3.8, 4) is 17.0 Å². The van der Waals surface area contributed by atoms with Crippen LogP contribution in [-0.4, -0.2) is 39.1 Å². The number of halogens is 3. The van der Waals surface area contributed by atoms with Crippen molar-refractivity contribution < 1.29 is 26.9 Å². The third kappa shape index (κ3) is 7.90. The zero-order valence-corrected chi connectivity index (χ0v) is 19.9. The molecule has 10 heteroatoms. The number of aromatic nitrogens is 1. The van der Waals surface area contributed by atoms with Crippen LogP contribution in [-0.2, 0) is 22.3 Å². The maximum Gasteiger partial charge on any atom is 0.387 e. The Balaban J connectivity index is 0.000000203. The van der Waals surface area contributed by atoms with Crippen LogP contribution in [0.1, 0.15) is 25.3 Å². The fourth-order valence-electron chi connectivity index (χ4n) is 3.55. The number of carbonyl (C=O) groups excluding carboxylic acids is 1. The minimum absolute atomic E-state index is 0.0996. The van der Waals surface area contributed by atoms with E-state index in [4.69, 9.17) is 0 Å². The molecule has 0 bridgehead atoms. The highest BCUT2D eigenvalue weighted by atomic mass is 32.2. The van der Waals surface area contributed by atoms with E-state index in [0.29, 0.717) is 29.6 Å². The Morgan fingerprint density at radius 3 is 2.49 bits per heavy atom. The van der Waals surface area contributed by atoms with E-state index in [0.717, 1.165) is 30.5 Å². The zero-order chi connectivity index (χ0) is 25.2. The van der Waals surface area contributed by atoms with E-state index < -0.39 is 17.6 Å². The van der Waals surface area contributed by atoms with Gasteiger partial charge in [0.25, 0.3) is 0 Å². The molecule has 1 saturated heterocycles. The van der Waals surface area contributed by atoms with Gasteiger partial charge < -0.3 is 10.1 Å². The fraction of sp³-hybridized carbons (Fsp3) is 0.280. The van der Waals surface area contributed by atoms with Gasteiger partial charge in [0.15, 0.2) is 0 Å². The van der Waals surface area contributed by atoms with E-state index >= 15 is 0 Å². The van der Waals surface area contributed by atoms with Gasteiger partial charge in [-0.05, 0) is 86.0 Å². The molecule has 1 aliphatic heterocycles. The van der Waals surface area contributed by atoms with Crippen LogP contribution in [0.3, 0.4) is 0 Å². The van der Waals surface area contributed by atoms with Gasteiger partial charge in [-0.3, -0.25) is 9.78 Å². The summed E-state index contributed by atoms with van der Waals surface area (Å²) in [6.07, 6.45) is 4.43. The number of hydrogen-bond donors (Lipinski definition) is 1. The summed E-state index contributed by atoms with van der Waals surface area (Å²) >= 11 is 0. The van der Waals surface area contributed by atoms with Gasteiger partial charge in [0.2, 0.25) is 6.41 Å². The molecule has 1 aromatic heterocycles. The molecule has 1 N–H and O–H groups in total. The number of nitrogens with zero attached hydrogens (tertiary/aromatic N) is 2. The Bertz CT molecular complexity index is 1110. The number of carbonyl (C=O) groups is 1. The summed E-state index contributed by atoms with van der Waals surface area (Å²) in [7, 11) is -1.13. The third-order valence-corrected chi connectivity index (χ3v) is 6.95. The Labute approximate surface area is 204 Å². The van der Waals surface area contributed by atoms with Gasteiger partial charge in [-0.1, -0.05) is 0 Å². The van der Waals surface area contributed by atoms with Gasteiger partial charge in [0, 0.05) is 30.9 Å². The lowest BCUT2D eigenvalue weighted by Crippen LogP contribution is -2.28. The third-order valence-electron chi connectivity index (χ3n) is 5.31. The number of rotatable bonds is 8. The second-order valence-electron chi connectivity index (χ2n) is 7.79. The summed E-state index contributed by atoms with van der Waals surface area (Å²) in [6.45, 7) is 0.516. The molecule has 35 heavy (non-hydrogen) atoms. The summed E-state index contributed by atoms with van der Waals surface area (Å²) in [5.74, 6) is -0.187. The number of ether oxygens (including phenoxy) is 1. The molecule has 3 aromatic rings. The average molecular weight is 506 g/mol. The topological polar surface area (TPSA) is 71.5 Å². The number of amides is 1. The van der Waals surface area contributed by atoms with Gasteiger partial charge in [-0.15, -0.1) is 0 Å². The first-order valence-corrected chi connectivity index (χ1v) is 12.1. The maximum absolute atomic E-state index is 12.7. The summed E-state index contributed by atoms with van der Waals surface area (Å²) < 4.78 is 55.1. The monoisotopic (exact) mass is 505 g/mol. The SMILES string of the molecule is CC1CCCN1S(=O)c1ccc(F)cc1.O=CNCc1ccnc(-c2ccc(OC(F)F)cc2)c1. The van der Waals surface area contributed by atoms with Gasteiger partial charge >= 0.3 is 6.61 Å². The molecule has 2 unspecified atom stereocenters. The first-order chi connectivity index (χ1) is 16.9. The van der Waals surface area contributed by atoms with Gasteiger partial charge in [-0.25, -0.2) is 12.9 Å². The predicted octanol–water partition coefficient (Wildman–Crippen LogP) is 4.93. The van der Waals surface area contributed by atoms with Gasteiger partial charge in [-0.2, -0.15) is 8.78 Å². The Morgan fingerprint density at radius 2 is 1.89 bits per heavy atom.